The number of rotatable bonds is 3. The zero-order valence-corrected chi connectivity index (χ0v) is 12.2. The minimum atomic E-state index is -0.914. The molecule has 0 radical (unpaired) electrons. The summed E-state index contributed by atoms with van der Waals surface area (Å²) in [6.07, 6.45) is 2.44. The first-order valence-electron chi connectivity index (χ1n) is 7.04. The van der Waals surface area contributed by atoms with E-state index in [1.54, 1.807) is 6.92 Å². The SMILES string of the molecule is C/C(=C/C(=O)N1CCCC(C(=O)O)C1)c1ccc(F)cc1F. The highest BCUT2D eigenvalue weighted by Gasteiger charge is 2.27. The summed E-state index contributed by atoms with van der Waals surface area (Å²) in [5.41, 5.74) is 0.529. The van der Waals surface area contributed by atoms with E-state index in [0.29, 0.717) is 25.0 Å². The first-order chi connectivity index (χ1) is 10.4. The van der Waals surface area contributed by atoms with Crippen LogP contribution in [-0.4, -0.2) is 35.0 Å². The van der Waals surface area contributed by atoms with Gasteiger partial charge in [0.05, 0.1) is 5.92 Å². The third-order valence-corrected chi connectivity index (χ3v) is 3.78. The molecule has 1 saturated heterocycles. The van der Waals surface area contributed by atoms with Crippen molar-refractivity contribution in [3.8, 4) is 0 Å². The maximum atomic E-state index is 13.7. The predicted molar refractivity (Wildman–Crippen MR) is 76.9 cm³/mol. The van der Waals surface area contributed by atoms with Crippen LogP contribution in [0.15, 0.2) is 24.3 Å². The van der Waals surface area contributed by atoms with E-state index in [0.717, 1.165) is 12.1 Å². The Hall–Kier alpha value is -2.24. The Bertz CT molecular complexity index is 628. The predicted octanol–water partition coefficient (Wildman–Crippen LogP) is 2.69. The van der Waals surface area contributed by atoms with Crippen molar-refractivity contribution in [3.63, 3.8) is 0 Å². The molecule has 0 saturated carbocycles. The number of aliphatic carboxylic acids is 1. The van der Waals surface area contributed by atoms with E-state index in [4.69, 9.17) is 5.11 Å². The monoisotopic (exact) mass is 309 g/mol. The lowest BCUT2D eigenvalue weighted by Crippen LogP contribution is -2.41. The van der Waals surface area contributed by atoms with Crippen LogP contribution < -0.4 is 0 Å². The lowest BCUT2D eigenvalue weighted by molar-refractivity contribution is -0.144. The number of benzene rings is 1. The number of carboxylic acid groups (broad SMARTS) is 1. The fraction of sp³-hybridized carbons (Fsp3) is 0.375. The number of allylic oxidation sites excluding steroid dienone is 1. The molecule has 2 rings (SSSR count). The lowest BCUT2D eigenvalue weighted by atomic mass is 9.98. The van der Waals surface area contributed by atoms with Gasteiger partial charge in [0.25, 0.3) is 0 Å². The molecular formula is C16H17F2NO3. The molecule has 1 unspecified atom stereocenters. The number of carboxylic acids is 1. The van der Waals surface area contributed by atoms with Crippen molar-refractivity contribution in [1.29, 1.82) is 0 Å². The molecule has 0 aliphatic carbocycles. The summed E-state index contributed by atoms with van der Waals surface area (Å²) in [4.78, 5) is 24.6. The number of amides is 1. The van der Waals surface area contributed by atoms with Crippen molar-refractivity contribution in [1.82, 2.24) is 4.90 Å². The Balaban J connectivity index is 2.13. The number of nitrogens with zero attached hydrogens (tertiary/aromatic N) is 1. The third-order valence-electron chi connectivity index (χ3n) is 3.78. The number of carbonyl (C=O) groups is 2. The molecule has 4 nitrogen and oxygen atoms in total. The summed E-state index contributed by atoms with van der Waals surface area (Å²) in [6, 6.07) is 3.17. The topological polar surface area (TPSA) is 57.6 Å². The average Bonchev–Trinajstić information content (AvgIpc) is 2.47. The highest BCUT2D eigenvalue weighted by Crippen LogP contribution is 2.21. The van der Waals surface area contributed by atoms with Crippen LogP contribution in [0.3, 0.4) is 0 Å². The second-order valence-corrected chi connectivity index (χ2v) is 5.41. The van der Waals surface area contributed by atoms with Crippen LogP contribution in [0, 0.1) is 17.6 Å². The molecule has 1 N–H and O–H groups in total. The Morgan fingerprint density at radius 2 is 2.09 bits per heavy atom. The van der Waals surface area contributed by atoms with Gasteiger partial charge in [-0.25, -0.2) is 8.78 Å². The van der Waals surface area contributed by atoms with Crippen LogP contribution in [0.25, 0.3) is 5.57 Å². The van der Waals surface area contributed by atoms with Gasteiger partial charge in [-0.2, -0.15) is 0 Å². The third kappa shape index (κ3) is 3.69. The van der Waals surface area contributed by atoms with Gasteiger partial charge in [0.15, 0.2) is 0 Å². The Morgan fingerprint density at radius 1 is 1.36 bits per heavy atom. The van der Waals surface area contributed by atoms with Gasteiger partial charge in [0.2, 0.25) is 5.91 Å². The quantitative estimate of drug-likeness (QED) is 0.873. The number of hydrogen-bond donors (Lipinski definition) is 1. The lowest BCUT2D eigenvalue weighted by Gasteiger charge is -2.30. The van der Waals surface area contributed by atoms with Crippen molar-refractivity contribution >= 4 is 17.4 Å². The van der Waals surface area contributed by atoms with Gasteiger partial charge in [0, 0.05) is 30.8 Å². The number of carbonyl (C=O) groups excluding carboxylic acids is 1. The molecule has 0 spiro atoms. The van der Waals surface area contributed by atoms with Gasteiger partial charge in [-0.05, 0) is 37.5 Å². The highest BCUT2D eigenvalue weighted by atomic mass is 19.1. The highest BCUT2D eigenvalue weighted by molar-refractivity contribution is 5.95. The standard InChI is InChI=1S/C16H17F2NO3/c1-10(13-5-4-12(17)8-14(13)18)7-15(20)19-6-2-3-11(9-19)16(21)22/h4-5,7-8,11H,2-3,6,9H2,1H3,(H,21,22)/b10-7-. The molecule has 0 aromatic heterocycles. The van der Waals surface area contributed by atoms with Crippen molar-refractivity contribution in [2.24, 2.45) is 5.92 Å². The molecule has 1 aromatic carbocycles. The maximum Gasteiger partial charge on any atom is 0.308 e. The molecule has 1 aromatic rings. The van der Waals surface area contributed by atoms with E-state index in [1.165, 1.54) is 17.0 Å². The molecule has 22 heavy (non-hydrogen) atoms. The van der Waals surface area contributed by atoms with Crippen molar-refractivity contribution < 1.29 is 23.5 Å². The smallest absolute Gasteiger partial charge is 0.308 e. The van der Waals surface area contributed by atoms with Crippen LogP contribution in [0.1, 0.15) is 25.3 Å². The largest absolute Gasteiger partial charge is 0.481 e. The Labute approximate surface area is 127 Å². The molecule has 118 valence electrons. The van der Waals surface area contributed by atoms with E-state index >= 15 is 0 Å². The number of piperidine rings is 1. The van der Waals surface area contributed by atoms with Crippen LogP contribution in [0.4, 0.5) is 8.78 Å². The number of hydrogen-bond acceptors (Lipinski definition) is 2. The molecule has 1 heterocycles. The summed E-state index contributed by atoms with van der Waals surface area (Å²) in [5.74, 6) is -3.24. The summed E-state index contributed by atoms with van der Waals surface area (Å²) in [7, 11) is 0. The second-order valence-electron chi connectivity index (χ2n) is 5.41. The maximum absolute atomic E-state index is 13.7. The Kier molecular flexibility index (Phi) is 4.90. The number of halogens is 2. The van der Waals surface area contributed by atoms with E-state index < -0.39 is 23.5 Å². The molecule has 1 atom stereocenters. The number of likely N-dealkylation sites (tertiary alicyclic amines) is 1. The molecule has 0 bridgehead atoms. The summed E-state index contributed by atoms with van der Waals surface area (Å²) in [5, 5.41) is 9.02. The Morgan fingerprint density at radius 3 is 2.73 bits per heavy atom. The van der Waals surface area contributed by atoms with Crippen molar-refractivity contribution in [3.05, 3.63) is 41.5 Å². The van der Waals surface area contributed by atoms with Crippen molar-refractivity contribution in [2.75, 3.05) is 13.1 Å². The second kappa shape index (κ2) is 6.68. The molecule has 1 amide bonds. The van der Waals surface area contributed by atoms with Gasteiger partial charge in [-0.1, -0.05) is 0 Å². The van der Waals surface area contributed by atoms with Crippen LogP contribution in [0.2, 0.25) is 0 Å². The molecule has 1 fully saturated rings. The van der Waals surface area contributed by atoms with Crippen LogP contribution in [0.5, 0.6) is 0 Å². The normalized spacial score (nSPS) is 19.1. The fourth-order valence-corrected chi connectivity index (χ4v) is 2.54. The van der Waals surface area contributed by atoms with Gasteiger partial charge in [-0.3, -0.25) is 9.59 Å². The van der Waals surface area contributed by atoms with Gasteiger partial charge < -0.3 is 10.0 Å². The van der Waals surface area contributed by atoms with Gasteiger partial charge in [-0.15, -0.1) is 0 Å². The van der Waals surface area contributed by atoms with Gasteiger partial charge in [0.1, 0.15) is 11.6 Å². The van der Waals surface area contributed by atoms with Crippen molar-refractivity contribution in [2.45, 2.75) is 19.8 Å². The zero-order chi connectivity index (χ0) is 16.3. The molecule has 6 heteroatoms. The van der Waals surface area contributed by atoms with E-state index in [2.05, 4.69) is 0 Å². The first kappa shape index (κ1) is 16.1. The summed E-state index contributed by atoms with van der Waals surface area (Å²) < 4.78 is 26.6. The summed E-state index contributed by atoms with van der Waals surface area (Å²) in [6.45, 7) is 2.20. The van der Waals surface area contributed by atoms with E-state index in [1.807, 2.05) is 0 Å². The minimum Gasteiger partial charge on any atom is -0.481 e. The first-order valence-corrected chi connectivity index (χ1v) is 7.04. The average molecular weight is 309 g/mol. The van der Waals surface area contributed by atoms with E-state index in [-0.39, 0.29) is 18.0 Å². The molecular weight excluding hydrogens is 292 g/mol. The minimum absolute atomic E-state index is 0.154. The summed E-state index contributed by atoms with van der Waals surface area (Å²) >= 11 is 0. The van der Waals surface area contributed by atoms with Crippen LogP contribution in [-0.2, 0) is 9.59 Å². The molecule has 1 aliphatic rings. The van der Waals surface area contributed by atoms with E-state index in [9.17, 15) is 18.4 Å². The zero-order valence-electron chi connectivity index (χ0n) is 12.2. The van der Waals surface area contributed by atoms with Gasteiger partial charge >= 0.3 is 5.97 Å². The fourth-order valence-electron chi connectivity index (χ4n) is 2.54. The molecule has 1 aliphatic heterocycles. The van der Waals surface area contributed by atoms with Crippen LogP contribution >= 0.6 is 0 Å².